The van der Waals surface area contributed by atoms with Crippen LogP contribution < -0.4 is 5.73 Å². The van der Waals surface area contributed by atoms with Gasteiger partial charge in [0.25, 0.3) is 0 Å². The number of likely N-dealkylation sites (N-methyl/N-ethyl adjacent to an activating group) is 1. The van der Waals surface area contributed by atoms with Crippen molar-refractivity contribution in [2.45, 2.75) is 45.7 Å². The zero-order valence-electron chi connectivity index (χ0n) is 10.9. The van der Waals surface area contributed by atoms with Gasteiger partial charge in [-0.25, -0.2) is 0 Å². The van der Waals surface area contributed by atoms with Crippen molar-refractivity contribution in [2.75, 3.05) is 7.05 Å². The van der Waals surface area contributed by atoms with E-state index in [1.54, 1.807) is 11.9 Å². The van der Waals surface area contributed by atoms with Crippen LogP contribution in [0.15, 0.2) is 16.5 Å². The molecule has 0 aliphatic heterocycles. The molecule has 1 heterocycles. The summed E-state index contributed by atoms with van der Waals surface area (Å²) in [6.07, 6.45) is 2.79. The molecule has 0 fully saturated rings. The Bertz CT molecular complexity index is 360. The molecule has 1 rings (SSSR count). The predicted octanol–water partition coefficient (Wildman–Crippen LogP) is 2.06. The van der Waals surface area contributed by atoms with Gasteiger partial charge in [0, 0.05) is 7.05 Å². The van der Waals surface area contributed by atoms with Crippen LogP contribution in [0.1, 0.15) is 37.7 Å². The van der Waals surface area contributed by atoms with Crippen LogP contribution in [-0.4, -0.2) is 23.9 Å². The van der Waals surface area contributed by atoms with Crippen molar-refractivity contribution in [3.05, 3.63) is 23.7 Å². The average Bonchev–Trinajstić information content (AvgIpc) is 2.70. The normalized spacial score (nSPS) is 12.5. The van der Waals surface area contributed by atoms with Gasteiger partial charge < -0.3 is 15.1 Å². The van der Waals surface area contributed by atoms with Gasteiger partial charge in [-0.3, -0.25) is 4.79 Å². The van der Waals surface area contributed by atoms with Crippen molar-refractivity contribution in [3.63, 3.8) is 0 Å². The second-order valence-electron chi connectivity index (χ2n) is 4.46. The number of carbonyl (C=O) groups is 1. The summed E-state index contributed by atoms with van der Waals surface area (Å²) in [6.45, 7) is 4.46. The van der Waals surface area contributed by atoms with Crippen LogP contribution in [0.25, 0.3) is 0 Å². The van der Waals surface area contributed by atoms with E-state index >= 15 is 0 Å². The molecule has 0 saturated heterocycles. The molecule has 4 nitrogen and oxygen atoms in total. The summed E-state index contributed by atoms with van der Waals surface area (Å²) in [5.74, 6) is 1.63. The Morgan fingerprint density at radius 3 is 2.76 bits per heavy atom. The van der Waals surface area contributed by atoms with E-state index in [4.69, 9.17) is 10.2 Å². The van der Waals surface area contributed by atoms with Crippen molar-refractivity contribution in [3.8, 4) is 0 Å². The maximum atomic E-state index is 11.9. The third-order valence-corrected chi connectivity index (χ3v) is 2.75. The van der Waals surface area contributed by atoms with E-state index in [9.17, 15) is 4.79 Å². The van der Waals surface area contributed by atoms with Crippen LogP contribution in [0.3, 0.4) is 0 Å². The first kappa shape index (κ1) is 13.8. The second-order valence-corrected chi connectivity index (χ2v) is 4.46. The lowest BCUT2D eigenvalue weighted by Gasteiger charge is -2.20. The molecule has 17 heavy (non-hydrogen) atoms. The summed E-state index contributed by atoms with van der Waals surface area (Å²) in [4.78, 5) is 13.5. The van der Waals surface area contributed by atoms with Gasteiger partial charge >= 0.3 is 0 Å². The highest BCUT2D eigenvalue weighted by molar-refractivity contribution is 5.81. The predicted molar refractivity (Wildman–Crippen MR) is 67.4 cm³/mol. The van der Waals surface area contributed by atoms with Crippen LogP contribution in [0, 0.1) is 6.92 Å². The number of rotatable bonds is 6. The van der Waals surface area contributed by atoms with Crippen LogP contribution in [0.2, 0.25) is 0 Å². The molecule has 0 aliphatic rings. The molecular weight excluding hydrogens is 216 g/mol. The van der Waals surface area contributed by atoms with Crippen molar-refractivity contribution in [2.24, 2.45) is 5.73 Å². The molecule has 0 saturated carbocycles. The molecular formula is C13H22N2O2. The minimum Gasteiger partial charge on any atom is -0.464 e. The summed E-state index contributed by atoms with van der Waals surface area (Å²) in [5.41, 5.74) is 5.84. The van der Waals surface area contributed by atoms with Crippen LogP contribution >= 0.6 is 0 Å². The number of aryl methyl sites for hydroxylation is 1. The van der Waals surface area contributed by atoms with Crippen molar-refractivity contribution < 1.29 is 9.21 Å². The number of nitrogens with zero attached hydrogens (tertiary/aromatic N) is 1. The highest BCUT2D eigenvalue weighted by Gasteiger charge is 2.18. The minimum absolute atomic E-state index is 0.0208. The molecule has 0 bridgehead atoms. The molecule has 1 atom stereocenters. The number of nitrogens with two attached hydrogens (primary N) is 1. The Kier molecular flexibility index (Phi) is 5.22. The molecule has 4 heteroatoms. The summed E-state index contributed by atoms with van der Waals surface area (Å²) in [5, 5.41) is 0. The molecule has 1 aromatic rings. The van der Waals surface area contributed by atoms with E-state index < -0.39 is 6.04 Å². The fourth-order valence-corrected chi connectivity index (χ4v) is 1.71. The van der Waals surface area contributed by atoms with Crippen molar-refractivity contribution >= 4 is 5.91 Å². The highest BCUT2D eigenvalue weighted by Crippen LogP contribution is 2.10. The Morgan fingerprint density at radius 1 is 1.53 bits per heavy atom. The zero-order chi connectivity index (χ0) is 12.8. The average molecular weight is 238 g/mol. The van der Waals surface area contributed by atoms with Gasteiger partial charge in [0.2, 0.25) is 5.91 Å². The summed E-state index contributed by atoms with van der Waals surface area (Å²) in [7, 11) is 1.76. The first-order valence-corrected chi connectivity index (χ1v) is 6.10. The molecule has 0 aromatic carbocycles. The number of hydrogen-bond acceptors (Lipinski definition) is 3. The second kappa shape index (κ2) is 6.45. The molecule has 1 unspecified atom stereocenters. The van der Waals surface area contributed by atoms with E-state index in [1.165, 1.54) is 0 Å². The van der Waals surface area contributed by atoms with E-state index in [0.29, 0.717) is 6.54 Å². The first-order chi connectivity index (χ1) is 8.04. The fraction of sp³-hybridized carbons (Fsp3) is 0.615. The Hall–Kier alpha value is -1.29. The van der Waals surface area contributed by atoms with Gasteiger partial charge in [0.1, 0.15) is 11.5 Å². The Balaban J connectivity index is 2.46. The zero-order valence-corrected chi connectivity index (χ0v) is 10.9. The smallest absolute Gasteiger partial charge is 0.239 e. The Morgan fingerprint density at radius 2 is 2.24 bits per heavy atom. The number of carbonyl (C=O) groups excluding carboxylic acids is 1. The lowest BCUT2D eigenvalue weighted by molar-refractivity contribution is -0.132. The molecule has 0 radical (unpaired) electrons. The first-order valence-electron chi connectivity index (χ1n) is 6.10. The third-order valence-electron chi connectivity index (χ3n) is 2.75. The lowest BCUT2D eigenvalue weighted by atomic mass is 10.1. The maximum Gasteiger partial charge on any atom is 0.239 e. The van der Waals surface area contributed by atoms with E-state index in [0.717, 1.165) is 30.8 Å². The quantitative estimate of drug-likeness (QED) is 0.825. The summed E-state index contributed by atoms with van der Waals surface area (Å²) < 4.78 is 5.43. The number of unbranched alkanes of at least 4 members (excludes halogenated alkanes) is 1. The standard InChI is InChI=1S/C13H22N2O2/c1-4-5-6-12(14)13(16)15(3)9-11-8-7-10(2)17-11/h7-8,12H,4-6,9,14H2,1-3H3. The molecule has 0 spiro atoms. The lowest BCUT2D eigenvalue weighted by Crippen LogP contribution is -2.41. The number of hydrogen-bond donors (Lipinski definition) is 1. The van der Waals surface area contributed by atoms with Crippen LogP contribution in [0.4, 0.5) is 0 Å². The Labute approximate surface area is 103 Å². The van der Waals surface area contributed by atoms with Crippen molar-refractivity contribution in [1.29, 1.82) is 0 Å². The largest absolute Gasteiger partial charge is 0.464 e. The van der Waals surface area contributed by atoms with E-state index in [-0.39, 0.29) is 5.91 Å². The molecule has 2 N–H and O–H groups in total. The van der Waals surface area contributed by atoms with Gasteiger partial charge in [0.05, 0.1) is 12.6 Å². The SMILES string of the molecule is CCCCC(N)C(=O)N(C)Cc1ccc(C)o1. The number of furan rings is 1. The molecule has 1 aromatic heterocycles. The van der Waals surface area contributed by atoms with Gasteiger partial charge in [-0.15, -0.1) is 0 Å². The van der Waals surface area contributed by atoms with Gasteiger partial charge in [0.15, 0.2) is 0 Å². The number of amides is 1. The monoisotopic (exact) mass is 238 g/mol. The van der Waals surface area contributed by atoms with Gasteiger partial charge in [-0.1, -0.05) is 19.8 Å². The molecule has 1 amide bonds. The highest BCUT2D eigenvalue weighted by atomic mass is 16.3. The minimum atomic E-state index is -0.393. The third kappa shape index (κ3) is 4.23. The van der Waals surface area contributed by atoms with Gasteiger partial charge in [-0.05, 0) is 25.5 Å². The van der Waals surface area contributed by atoms with Crippen LogP contribution in [0.5, 0.6) is 0 Å². The van der Waals surface area contributed by atoms with Crippen molar-refractivity contribution in [1.82, 2.24) is 4.90 Å². The molecule has 96 valence electrons. The van der Waals surface area contributed by atoms with Crippen LogP contribution in [-0.2, 0) is 11.3 Å². The molecule has 0 aliphatic carbocycles. The topological polar surface area (TPSA) is 59.5 Å². The van der Waals surface area contributed by atoms with E-state index in [1.807, 2.05) is 19.1 Å². The summed E-state index contributed by atoms with van der Waals surface area (Å²) >= 11 is 0. The van der Waals surface area contributed by atoms with E-state index in [2.05, 4.69) is 6.92 Å². The summed E-state index contributed by atoms with van der Waals surface area (Å²) in [6, 6.07) is 3.39. The fourth-order valence-electron chi connectivity index (χ4n) is 1.71. The van der Waals surface area contributed by atoms with Gasteiger partial charge in [-0.2, -0.15) is 0 Å². The maximum absolute atomic E-state index is 11.9.